The molecule has 0 bridgehead atoms. The number of benzene rings is 1. The molecule has 1 aromatic carbocycles. The highest BCUT2D eigenvalue weighted by Crippen LogP contribution is 2.44. The number of aliphatic hydroxyl groups is 1. The van der Waals surface area contributed by atoms with Crippen molar-refractivity contribution >= 4 is 48.4 Å². The lowest BCUT2D eigenvalue weighted by atomic mass is 10.1. The van der Waals surface area contributed by atoms with Crippen molar-refractivity contribution in [3.05, 3.63) is 35.4 Å². The Bertz CT molecular complexity index is 467. The Hall–Kier alpha value is 0.340. The molecule has 1 rings (SSSR count). The van der Waals surface area contributed by atoms with Crippen LogP contribution in [0.5, 0.6) is 0 Å². The molecular weight excluding hydrogens is 407 g/mol. The predicted octanol–water partition coefficient (Wildman–Crippen LogP) is 2.56. The van der Waals surface area contributed by atoms with Gasteiger partial charge in [0, 0.05) is 6.26 Å². The van der Waals surface area contributed by atoms with Gasteiger partial charge < -0.3 is 5.11 Å². The Kier molecular flexibility index (Phi) is 4.42. The van der Waals surface area contributed by atoms with E-state index in [-0.39, 0.29) is 0 Å². The molecule has 0 aliphatic heterocycles. The summed E-state index contributed by atoms with van der Waals surface area (Å²) in [5, 5.41) is 10.0. The summed E-state index contributed by atoms with van der Waals surface area (Å²) in [7, 11) is -3.41. The Morgan fingerprint density at radius 3 is 2.19 bits per heavy atom. The maximum Gasteiger partial charge on any atom is 0.206 e. The smallest absolute Gasteiger partial charge is 0.206 e. The molecule has 0 spiro atoms. The van der Waals surface area contributed by atoms with Crippen LogP contribution in [0.4, 0.5) is 0 Å². The van der Waals surface area contributed by atoms with Crippen LogP contribution in [0.15, 0.2) is 24.3 Å². The van der Waals surface area contributed by atoms with Crippen LogP contribution in [0.2, 0.25) is 0 Å². The lowest BCUT2D eigenvalue weighted by molar-refractivity contribution is 0.191. The summed E-state index contributed by atoms with van der Waals surface area (Å²) in [6, 6.07) is 7.11. The van der Waals surface area contributed by atoms with Gasteiger partial charge in [0.25, 0.3) is 0 Å². The first-order valence-electron chi connectivity index (χ1n) is 4.48. The molecule has 16 heavy (non-hydrogen) atoms. The van der Waals surface area contributed by atoms with E-state index in [2.05, 4.69) is 15.9 Å². The molecule has 0 fully saturated rings. The molecule has 1 aromatic rings. The van der Waals surface area contributed by atoms with E-state index in [1.165, 1.54) is 0 Å². The number of rotatable bonds is 3. The zero-order valence-electron chi connectivity index (χ0n) is 8.81. The number of hydrogen-bond acceptors (Lipinski definition) is 3. The van der Waals surface area contributed by atoms with Crippen LogP contribution < -0.4 is 0 Å². The van der Waals surface area contributed by atoms with Crippen molar-refractivity contribution < 1.29 is 13.5 Å². The van der Waals surface area contributed by atoms with Gasteiger partial charge in [-0.25, -0.2) is 8.42 Å². The molecule has 0 unspecified atom stereocenters. The van der Waals surface area contributed by atoms with Crippen LogP contribution in [-0.2, 0) is 9.84 Å². The van der Waals surface area contributed by atoms with Gasteiger partial charge in [-0.15, -0.1) is 0 Å². The fraction of sp³-hybridized carbons (Fsp3) is 0.400. The Balaban J connectivity index is 3.12. The van der Waals surface area contributed by atoms with E-state index < -0.39 is 17.6 Å². The summed E-state index contributed by atoms with van der Waals surface area (Å²) >= 11 is 4.77. The summed E-state index contributed by atoms with van der Waals surface area (Å²) in [4.78, 5) is 0. The normalized spacial score (nSPS) is 17.8. The highest BCUT2D eigenvalue weighted by molar-refractivity contribution is 14.1. The fourth-order valence-corrected chi connectivity index (χ4v) is 2.31. The van der Waals surface area contributed by atoms with Crippen molar-refractivity contribution in [2.45, 2.75) is 14.7 Å². The maximum atomic E-state index is 11.5. The van der Waals surface area contributed by atoms with E-state index in [1.54, 1.807) is 34.7 Å². The molecule has 0 radical (unpaired) electrons. The Labute approximate surface area is 117 Å². The Morgan fingerprint density at radius 1 is 1.38 bits per heavy atom. The van der Waals surface area contributed by atoms with E-state index in [1.807, 2.05) is 19.1 Å². The maximum absolute atomic E-state index is 11.5. The number of alkyl halides is 2. The van der Waals surface area contributed by atoms with E-state index in [0.717, 1.165) is 11.8 Å². The minimum Gasteiger partial charge on any atom is -0.385 e. The van der Waals surface area contributed by atoms with Gasteiger partial charge in [0.05, 0.1) is 0 Å². The van der Waals surface area contributed by atoms with Gasteiger partial charge in [-0.2, -0.15) is 0 Å². The highest BCUT2D eigenvalue weighted by Gasteiger charge is 2.43. The average Bonchev–Trinajstić information content (AvgIpc) is 2.16. The minimum absolute atomic E-state index is 0.572. The van der Waals surface area contributed by atoms with Crippen molar-refractivity contribution in [3.63, 3.8) is 0 Å². The van der Waals surface area contributed by atoms with Crippen molar-refractivity contribution in [1.29, 1.82) is 0 Å². The summed E-state index contributed by atoms with van der Waals surface area (Å²) in [5.41, 5.74) is 1.63. The van der Waals surface area contributed by atoms with Crippen molar-refractivity contribution in [2.24, 2.45) is 0 Å². The number of aliphatic hydroxyl groups excluding tert-OH is 1. The number of halogens is 2. The molecule has 0 aromatic heterocycles. The average molecular weight is 419 g/mol. The molecule has 0 heterocycles. The number of sulfone groups is 1. The van der Waals surface area contributed by atoms with Gasteiger partial charge in [-0.3, -0.25) is 0 Å². The van der Waals surface area contributed by atoms with Crippen LogP contribution in [0.25, 0.3) is 0 Å². The van der Waals surface area contributed by atoms with Gasteiger partial charge in [0.1, 0.15) is 6.10 Å². The molecule has 1 N–H and O–H groups in total. The summed E-state index contributed by atoms with van der Waals surface area (Å²) in [6.07, 6.45) is -0.0188. The third kappa shape index (κ3) is 2.96. The lowest BCUT2D eigenvalue weighted by Gasteiger charge is -2.25. The second-order valence-corrected chi connectivity index (χ2v) is 11.5. The molecule has 90 valence electrons. The van der Waals surface area contributed by atoms with Crippen molar-refractivity contribution in [2.75, 3.05) is 6.26 Å². The first kappa shape index (κ1) is 14.4. The number of aryl methyl sites for hydroxylation is 1. The second kappa shape index (κ2) is 4.91. The lowest BCUT2D eigenvalue weighted by Crippen LogP contribution is -2.31. The first-order chi connectivity index (χ1) is 7.16. The largest absolute Gasteiger partial charge is 0.385 e. The zero-order chi connectivity index (χ0) is 12.6. The SMILES string of the molecule is Cc1ccc([C@H](O)[C@@](Br)(I)S(C)(=O)=O)cc1. The molecule has 0 aliphatic carbocycles. The van der Waals surface area contributed by atoms with Crippen LogP contribution in [0.3, 0.4) is 0 Å². The van der Waals surface area contributed by atoms with Crippen molar-refractivity contribution in [3.8, 4) is 0 Å². The quantitative estimate of drug-likeness (QED) is 0.606. The predicted molar refractivity (Wildman–Crippen MR) is 76.7 cm³/mol. The fourth-order valence-electron chi connectivity index (χ4n) is 1.15. The van der Waals surface area contributed by atoms with Crippen LogP contribution >= 0.6 is 38.5 Å². The van der Waals surface area contributed by atoms with Gasteiger partial charge in [-0.1, -0.05) is 45.8 Å². The minimum atomic E-state index is -3.41. The Morgan fingerprint density at radius 2 is 1.81 bits per heavy atom. The van der Waals surface area contributed by atoms with E-state index >= 15 is 0 Å². The third-order valence-electron chi connectivity index (χ3n) is 2.21. The first-order valence-corrected chi connectivity index (χ1v) is 8.24. The van der Waals surface area contributed by atoms with Crippen LogP contribution in [-0.4, -0.2) is 21.4 Å². The van der Waals surface area contributed by atoms with Gasteiger partial charge in [0.2, 0.25) is 1.66 Å². The van der Waals surface area contributed by atoms with Crippen LogP contribution in [0.1, 0.15) is 17.2 Å². The zero-order valence-corrected chi connectivity index (χ0v) is 13.4. The summed E-state index contributed by atoms with van der Waals surface area (Å²) in [5.74, 6) is 0. The van der Waals surface area contributed by atoms with E-state index in [4.69, 9.17) is 0 Å². The molecule has 3 nitrogen and oxygen atoms in total. The molecule has 2 atom stereocenters. The van der Waals surface area contributed by atoms with Crippen LogP contribution in [0, 0.1) is 6.92 Å². The van der Waals surface area contributed by atoms with Gasteiger partial charge in [0.15, 0.2) is 9.84 Å². The van der Waals surface area contributed by atoms with Gasteiger partial charge >= 0.3 is 0 Å². The molecule has 0 saturated heterocycles. The summed E-state index contributed by atoms with van der Waals surface area (Å²) < 4.78 is 21.6. The van der Waals surface area contributed by atoms with Gasteiger partial charge in [-0.05, 0) is 35.1 Å². The third-order valence-corrected chi connectivity index (χ3v) is 8.61. The highest BCUT2D eigenvalue weighted by atomic mass is 127. The standard InChI is InChI=1S/C10H12BrIO3S/c1-7-3-5-8(6-4-7)9(13)10(11,12)16(2,14)15/h3-6,9,13H,1-2H3/t9-,10+/m0/s1. The second-order valence-electron chi connectivity index (χ2n) is 3.65. The van der Waals surface area contributed by atoms with E-state index in [9.17, 15) is 13.5 Å². The topological polar surface area (TPSA) is 54.4 Å². The molecule has 0 saturated carbocycles. The molecule has 0 amide bonds. The molecule has 6 heteroatoms. The summed E-state index contributed by atoms with van der Waals surface area (Å²) in [6.45, 7) is 1.93. The number of hydrogen-bond donors (Lipinski definition) is 1. The molecular formula is C10H12BrIO3S. The van der Waals surface area contributed by atoms with Crippen molar-refractivity contribution in [1.82, 2.24) is 0 Å². The monoisotopic (exact) mass is 418 g/mol. The van der Waals surface area contributed by atoms with E-state index in [0.29, 0.717) is 5.56 Å². The molecule has 0 aliphatic rings.